The number of amides is 1. The van der Waals surface area contributed by atoms with Gasteiger partial charge in [-0.3, -0.25) is 14.5 Å². The molecule has 4 nitrogen and oxygen atoms in total. The number of likely N-dealkylation sites (N-methyl/N-ethyl adjacent to an activating group) is 1. The van der Waals surface area contributed by atoms with E-state index >= 15 is 0 Å². The van der Waals surface area contributed by atoms with Crippen LogP contribution in [-0.4, -0.2) is 42.6 Å². The van der Waals surface area contributed by atoms with Crippen LogP contribution in [0, 0.1) is 0 Å². The third kappa shape index (κ3) is 2.57. The van der Waals surface area contributed by atoms with Gasteiger partial charge in [-0.15, -0.1) is 0 Å². The molecule has 3 aromatic rings. The molecule has 1 heterocycles. The molecule has 2 aliphatic rings. The van der Waals surface area contributed by atoms with Crippen molar-refractivity contribution in [1.29, 1.82) is 0 Å². The molecule has 0 aromatic heterocycles. The Labute approximate surface area is 177 Å². The van der Waals surface area contributed by atoms with Gasteiger partial charge in [0.2, 0.25) is 0 Å². The highest BCUT2D eigenvalue weighted by molar-refractivity contribution is 5.85. The smallest absolute Gasteiger partial charge is 0.263 e. The Hall–Kier alpha value is -2.95. The zero-order chi connectivity index (χ0) is 20.7. The van der Waals surface area contributed by atoms with Crippen molar-refractivity contribution in [3.63, 3.8) is 0 Å². The molecular formula is C26H26N2O2. The molecule has 3 aromatic carbocycles. The molecule has 0 spiro atoms. The molecule has 1 aliphatic carbocycles. The van der Waals surface area contributed by atoms with Gasteiger partial charge in [-0.1, -0.05) is 78.9 Å². The maximum atomic E-state index is 13.3. The monoisotopic (exact) mass is 398 g/mol. The zero-order valence-corrected chi connectivity index (χ0v) is 17.4. The maximum absolute atomic E-state index is 13.3. The zero-order valence-electron chi connectivity index (χ0n) is 17.4. The number of carbonyl (C=O) groups excluding carboxylic acids is 1. The summed E-state index contributed by atoms with van der Waals surface area (Å²) in [5.74, 6) is 0.00664. The first-order chi connectivity index (χ1) is 14.7. The van der Waals surface area contributed by atoms with Gasteiger partial charge in [0.1, 0.15) is 0 Å². The second-order valence-corrected chi connectivity index (χ2v) is 8.04. The van der Waals surface area contributed by atoms with Gasteiger partial charge in [0.25, 0.3) is 5.91 Å². The lowest BCUT2D eigenvalue weighted by atomic mass is 9.78. The van der Waals surface area contributed by atoms with E-state index in [4.69, 9.17) is 4.84 Å². The van der Waals surface area contributed by atoms with Crippen LogP contribution in [-0.2, 0) is 15.2 Å². The van der Waals surface area contributed by atoms with Gasteiger partial charge in [-0.2, -0.15) is 0 Å². The highest BCUT2D eigenvalue weighted by Gasteiger charge is 2.53. The molecule has 5 rings (SSSR count). The minimum absolute atomic E-state index is 0.00664. The largest absolute Gasteiger partial charge is 0.275 e. The lowest BCUT2D eigenvalue weighted by molar-refractivity contribution is -0.174. The van der Waals surface area contributed by atoms with Crippen LogP contribution in [0.25, 0.3) is 11.1 Å². The molecule has 30 heavy (non-hydrogen) atoms. The Morgan fingerprint density at radius 1 is 0.933 bits per heavy atom. The van der Waals surface area contributed by atoms with E-state index in [1.165, 1.54) is 32.9 Å². The molecular weight excluding hydrogens is 372 g/mol. The van der Waals surface area contributed by atoms with Crippen molar-refractivity contribution in [1.82, 2.24) is 9.96 Å². The summed E-state index contributed by atoms with van der Waals surface area (Å²) in [6.45, 7) is 0.853. The lowest BCUT2D eigenvalue weighted by Gasteiger charge is -2.44. The summed E-state index contributed by atoms with van der Waals surface area (Å²) in [7, 11) is 3.24. The standard InChI is InChI=1S/C26H26N2O2/c1-27(30-2)25(29)24-17-10-18-28(24)26(19-11-4-3-5-12-19)22-15-8-6-13-20(22)21-14-7-9-16-23(21)26/h3-9,11-16,24H,10,17-18H2,1-2H3/t24-/m0/s1. The number of nitrogens with zero attached hydrogens (tertiary/aromatic N) is 2. The van der Waals surface area contributed by atoms with E-state index in [1.54, 1.807) is 14.2 Å². The van der Waals surface area contributed by atoms with Crippen LogP contribution < -0.4 is 0 Å². The first-order valence-electron chi connectivity index (χ1n) is 10.5. The number of hydrogen-bond donors (Lipinski definition) is 0. The number of hydroxylamine groups is 2. The van der Waals surface area contributed by atoms with Gasteiger partial charge >= 0.3 is 0 Å². The van der Waals surface area contributed by atoms with Crippen LogP contribution >= 0.6 is 0 Å². The average molecular weight is 399 g/mol. The van der Waals surface area contributed by atoms with E-state index in [-0.39, 0.29) is 11.9 Å². The van der Waals surface area contributed by atoms with Gasteiger partial charge in [0.15, 0.2) is 0 Å². The van der Waals surface area contributed by atoms with Crippen molar-refractivity contribution >= 4 is 5.91 Å². The second kappa shape index (κ2) is 7.38. The van der Waals surface area contributed by atoms with E-state index in [2.05, 4.69) is 83.8 Å². The minimum Gasteiger partial charge on any atom is -0.275 e. The summed E-state index contributed by atoms with van der Waals surface area (Å²) in [5, 5.41) is 1.37. The second-order valence-electron chi connectivity index (χ2n) is 8.04. The number of fused-ring (bicyclic) bond motifs is 3. The molecule has 1 amide bonds. The molecule has 0 unspecified atom stereocenters. The van der Waals surface area contributed by atoms with Crippen molar-refractivity contribution in [3.8, 4) is 11.1 Å². The molecule has 0 N–H and O–H groups in total. The van der Waals surface area contributed by atoms with Crippen molar-refractivity contribution < 1.29 is 9.63 Å². The number of likely N-dealkylation sites (tertiary alicyclic amines) is 1. The van der Waals surface area contributed by atoms with Gasteiger partial charge in [-0.05, 0) is 40.7 Å². The topological polar surface area (TPSA) is 32.8 Å². The average Bonchev–Trinajstić information content (AvgIpc) is 3.40. The summed E-state index contributed by atoms with van der Waals surface area (Å²) in [6.07, 6.45) is 1.80. The molecule has 1 aliphatic heterocycles. The first-order valence-corrected chi connectivity index (χ1v) is 10.5. The Bertz CT molecular complexity index is 1030. The van der Waals surface area contributed by atoms with Crippen LogP contribution in [0.3, 0.4) is 0 Å². The summed E-state index contributed by atoms with van der Waals surface area (Å²) < 4.78 is 0. The number of hydrogen-bond acceptors (Lipinski definition) is 3. The predicted octanol–water partition coefficient (Wildman–Crippen LogP) is 4.44. The van der Waals surface area contributed by atoms with Crippen molar-refractivity contribution in [2.75, 3.05) is 20.7 Å². The molecule has 0 radical (unpaired) electrons. The third-order valence-corrected chi connectivity index (χ3v) is 6.67. The number of rotatable bonds is 4. The SMILES string of the molecule is CON(C)C(=O)[C@@H]1CCCN1C1(c2ccccc2)c2ccccc2-c2ccccc21. The molecule has 0 bridgehead atoms. The Morgan fingerprint density at radius 3 is 2.10 bits per heavy atom. The van der Waals surface area contributed by atoms with Gasteiger partial charge in [-0.25, -0.2) is 5.06 Å². The normalized spacial score (nSPS) is 19.3. The molecule has 1 saturated heterocycles. The van der Waals surface area contributed by atoms with Gasteiger partial charge < -0.3 is 0 Å². The molecule has 0 saturated carbocycles. The van der Waals surface area contributed by atoms with Crippen LogP contribution in [0.5, 0.6) is 0 Å². The fraction of sp³-hybridized carbons (Fsp3) is 0.269. The van der Waals surface area contributed by atoms with Crippen LogP contribution in [0.15, 0.2) is 78.9 Å². The first kappa shape index (κ1) is 19.0. The predicted molar refractivity (Wildman–Crippen MR) is 118 cm³/mol. The lowest BCUT2D eigenvalue weighted by Crippen LogP contribution is -2.54. The minimum atomic E-state index is -0.500. The van der Waals surface area contributed by atoms with Crippen LogP contribution in [0.2, 0.25) is 0 Å². The highest BCUT2D eigenvalue weighted by atomic mass is 16.7. The van der Waals surface area contributed by atoms with Crippen molar-refractivity contribution in [2.45, 2.75) is 24.4 Å². The van der Waals surface area contributed by atoms with Crippen LogP contribution in [0.4, 0.5) is 0 Å². The van der Waals surface area contributed by atoms with E-state index in [1.807, 2.05) is 0 Å². The third-order valence-electron chi connectivity index (χ3n) is 6.67. The molecule has 152 valence electrons. The fourth-order valence-electron chi connectivity index (χ4n) is 5.40. The van der Waals surface area contributed by atoms with Gasteiger partial charge in [0, 0.05) is 13.6 Å². The van der Waals surface area contributed by atoms with Gasteiger partial charge in [0.05, 0.1) is 18.7 Å². The quantitative estimate of drug-likeness (QED) is 0.609. The fourth-order valence-corrected chi connectivity index (χ4v) is 5.40. The number of benzene rings is 3. The Morgan fingerprint density at radius 2 is 1.50 bits per heavy atom. The Balaban J connectivity index is 1.80. The van der Waals surface area contributed by atoms with E-state index < -0.39 is 5.54 Å². The summed E-state index contributed by atoms with van der Waals surface area (Å²) >= 11 is 0. The number of carbonyl (C=O) groups is 1. The van der Waals surface area contributed by atoms with E-state index in [9.17, 15) is 4.79 Å². The van der Waals surface area contributed by atoms with E-state index in [0.717, 1.165) is 19.4 Å². The van der Waals surface area contributed by atoms with Crippen molar-refractivity contribution in [2.24, 2.45) is 0 Å². The molecule has 1 atom stereocenters. The summed E-state index contributed by atoms with van der Waals surface area (Å²) in [6, 6.07) is 27.6. The molecule has 4 heteroatoms. The summed E-state index contributed by atoms with van der Waals surface area (Å²) in [4.78, 5) is 21.0. The summed E-state index contributed by atoms with van der Waals surface area (Å²) in [5.41, 5.74) is 5.68. The molecule has 1 fully saturated rings. The maximum Gasteiger partial charge on any atom is 0.263 e. The Kier molecular flexibility index (Phi) is 4.69. The highest BCUT2D eigenvalue weighted by Crippen LogP contribution is 2.55. The van der Waals surface area contributed by atoms with Crippen LogP contribution in [0.1, 0.15) is 29.5 Å². The van der Waals surface area contributed by atoms with Crippen molar-refractivity contribution in [3.05, 3.63) is 95.6 Å². The van der Waals surface area contributed by atoms with E-state index in [0.29, 0.717) is 0 Å².